The molecule has 0 radical (unpaired) electrons. The van der Waals surface area contributed by atoms with Crippen molar-refractivity contribution in [2.24, 2.45) is 0 Å². The van der Waals surface area contributed by atoms with Crippen molar-refractivity contribution in [1.82, 2.24) is 24.1 Å². The summed E-state index contributed by atoms with van der Waals surface area (Å²) in [6.45, 7) is 12.3. The molecule has 0 aliphatic heterocycles. The number of nitrogens with zero attached hydrogens (tertiary/aromatic N) is 4. The van der Waals surface area contributed by atoms with Gasteiger partial charge in [-0.25, -0.2) is 14.8 Å². The fraction of sp³-hybridized carbons (Fsp3) is 0.400. The van der Waals surface area contributed by atoms with Crippen LogP contribution in [0.1, 0.15) is 69.9 Å². The van der Waals surface area contributed by atoms with Crippen molar-refractivity contribution < 1.29 is 4.79 Å². The number of anilines is 1. The summed E-state index contributed by atoms with van der Waals surface area (Å²) in [5.74, 6) is -0.116. The number of imidazole rings is 1. The minimum atomic E-state index is -0.635. The number of H-pyrrole nitrogens is 1. The molecular formula is C25H30N6O3. The molecule has 0 unspecified atom stereocenters. The van der Waals surface area contributed by atoms with E-state index < -0.39 is 17.2 Å². The molecule has 1 aromatic carbocycles. The molecule has 1 amide bonds. The van der Waals surface area contributed by atoms with Gasteiger partial charge < -0.3 is 4.57 Å². The fourth-order valence-electron chi connectivity index (χ4n) is 4.16. The zero-order chi connectivity index (χ0) is 24.8. The number of hydrogen-bond acceptors (Lipinski definition) is 5. The smallest absolute Gasteiger partial charge is 0.305 e. The van der Waals surface area contributed by atoms with E-state index in [1.807, 2.05) is 70.4 Å². The van der Waals surface area contributed by atoms with Gasteiger partial charge in [0.15, 0.2) is 5.65 Å². The Hall–Kier alpha value is -3.75. The molecule has 2 N–H and O–H groups in total. The highest BCUT2D eigenvalue weighted by molar-refractivity contribution is 6.11. The van der Waals surface area contributed by atoms with Crippen molar-refractivity contribution in [3.63, 3.8) is 0 Å². The van der Waals surface area contributed by atoms with Gasteiger partial charge >= 0.3 is 5.69 Å². The average molecular weight is 463 g/mol. The molecule has 0 saturated carbocycles. The molecule has 0 bridgehead atoms. The summed E-state index contributed by atoms with van der Waals surface area (Å²) in [4.78, 5) is 50.6. The maximum absolute atomic E-state index is 13.6. The Balaban J connectivity index is 1.95. The van der Waals surface area contributed by atoms with Crippen LogP contribution in [0.15, 0.2) is 39.9 Å². The summed E-state index contributed by atoms with van der Waals surface area (Å²) in [6, 6.07) is 9.29. The van der Waals surface area contributed by atoms with Crippen molar-refractivity contribution in [1.29, 1.82) is 0 Å². The molecule has 9 nitrogen and oxygen atoms in total. The summed E-state index contributed by atoms with van der Waals surface area (Å²) >= 11 is 0. The molecule has 0 aliphatic rings. The van der Waals surface area contributed by atoms with Gasteiger partial charge in [-0.15, -0.1) is 0 Å². The number of para-hydroxylation sites is 2. The van der Waals surface area contributed by atoms with E-state index in [2.05, 4.69) is 20.3 Å². The SMILES string of the molecule is CCCn1c(=O)[nH]c(=O)c2c(C(=O)Nc3nc4ccccc4n3C(C)(C)C)cc(C(C)C)nc21. The summed E-state index contributed by atoms with van der Waals surface area (Å²) in [5.41, 5.74) is 1.12. The molecule has 0 saturated heterocycles. The molecule has 4 aromatic rings. The lowest BCUT2D eigenvalue weighted by Crippen LogP contribution is -2.33. The van der Waals surface area contributed by atoms with Gasteiger partial charge in [-0.2, -0.15) is 0 Å². The standard InChI is InChI=1S/C25H30N6O3/c1-7-12-30-20-19(22(33)29-24(30)34)15(13-17(26-20)14(2)3)21(32)28-23-27-16-10-8-9-11-18(16)31(23)25(4,5)6/h8-11,13-14H,7,12H2,1-6H3,(H,27,28,32)(H,29,33,34). The van der Waals surface area contributed by atoms with Gasteiger partial charge in [-0.1, -0.05) is 32.9 Å². The number of carbonyl (C=O) groups is 1. The molecular weight excluding hydrogens is 432 g/mol. The Kier molecular flexibility index (Phi) is 5.89. The topological polar surface area (TPSA) is 115 Å². The number of aromatic amines is 1. The fourth-order valence-corrected chi connectivity index (χ4v) is 4.16. The van der Waals surface area contributed by atoms with Crippen LogP contribution >= 0.6 is 0 Å². The number of rotatable bonds is 5. The molecule has 4 rings (SSSR count). The highest BCUT2D eigenvalue weighted by Gasteiger charge is 2.25. The number of carbonyl (C=O) groups excluding carboxylic acids is 1. The number of benzene rings is 1. The van der Waals surface area contributed by atoms with Gasteiger partial charge in [0.25, 0.3) is 11.5 Å². The van der Waals surface area contributed by atoms with Crippen molar-refractivity contribution in [2.45, 2.75) is 66.0 Å². The zero-order valence-electron chi connectivity index (χ0n) is 20.4. The van der Waals surface area contributed by atoms with E-state index in [1.54, 1.807) is 6.07 Å². The molecule has 0 aliphatic carbocycles. The molecule has 34 heavy (non-hydrogen) atoms. The zero-order valence-corrected chi connectivity index (χ0v) is 20.4. The van der Waals surface area contributed by atoms with Gasteiger partial charge in [0, 0.05) is 17.8 Å². The molecule has 3 heterocycles. The van der Waals surface area contributed by atoms with Crippen molar-refractivity contribution in [3.05, 3.63) is 62.4 Å². The Labute approximate surface area is 196 Å². The minimum Gasteiger partial charge on any atom is -0.305 e. The van der Waals surface area contributed by atoms with Crippen LogP contribution in [-0.2, 0) is 12.1 Å². The number of fused-ring (bicyclic) bond motifs is 2. The normalized spacial score (nSPS) is 12.1. The third kappa shape index (κ3) is 4.02. The van der Waals surface area contributed by atoms with E-state index in [-0.39, 0.29) is 28.1 Å². The van der Waals surface area contributed by atoms with Gasteiger partial charge in [-0.3, -0.25) is 24.5 Å². The van der Waals surface area contributed by atoms with E-state index >= 15 is 0 Å². The number of hydrogen-bond donors (Lipinski definition) is 2. The second-order valence-corrected chi connectivity index (χ2v) is 9.74. The number of pyridine rings is 1. The number of amides is 1. The Morgan fingerprint density at radius 2 is 1.85 bits per heavy atom. The second-order valence-electron chi connectivity index (χ2n) is 9.74. The number of aromatic nitrogens is 5. The van der Waals surface area contributed by atoms with Gasteiger partial charge in [0.1, 0.15) is 0 Å². The monoisotopic (exact) mass is 462 g/mol. The van der Waals surface area contributed by atoms with E-state index in [0.717, 1.165) is 11.0 Å². The molecule has 178 valence electrons. The van der Waals surface area contributed by atoms with Crippen LogP contribution in [0.2, 0.25) is 0 Å². The minimum absolute atomic E-state index is 0.0143. The molecule has 0 atom stereocenters. The maximum atomic E-state index is 13.6. The lowest BCUT2D eigenvalue weighted by molar-refractivity contribution is 0.102. The van der Waals surface area contributed by atoms with Crippen LogP contribution in [0.5, 0.6) is 0 Å². The van der Waals surface area contributed by atoms with Crippen molar-refractivity contribution in [2.75, 3.05) is 5.32 Å². The summed E-state index contributed by atoms with van der Waals surface area (Å²) < 4.78 is 3.38. The van der Waals surface area contributed by atoms with Gasteiger partial charge in [0.05, 0.1) is 22.0 Å². The van der Waals surface area contributed by atoms with E-state index in [4.69, 9.17) is 0 Å². The quantitative estimate of drug-likeness (QED) is 0.466. The molecule has 0 spiro atoms. The number of nitrogens with one attached hydrogen (secondary N) is 2. The molecule has 9 heteroatoms. The van der Waals surface area contributed by atoms with Gasteiger partial charge in [0.2, 0.25) is 5.95 Å². The Morgan fingerprint density at radius 3 is 2.50 bits per heavy atom. The van der Waals surface area contributed by atoms with Crippen molar-refractivity contribution in [3.8, 4) is 0 Å². The average Bonchev–Trinajstić information content (AvgIpc) is 3.13. The van der Waals surface area contributed by atoms with Gasteiger partial charge in [-0.05, 0) is 51.3 Å². The first-order valence-corrected chi connectivity index (χ1v) is 11.5. The summed E-state index contributed by atoms with van der Waals surface area (Å²) in [6.07, 6.45) is 0.672. The number of aryl methyl sites for hydroxylation is 1. The third-order valence-corrected chi connectivity index (χ3v) is 5.71. The van der Waals surface area contributed by atoms with Crippen LogP contribution < -0.4 is 16.6 Å². The first-order chi connectivity index (χ1) is 16.0. The van der Waals surface area contributed by atoms with Crippen LogP contribution in [0.3, 0.4) is 0 Å². The van der Waals surface area contributed by atoms with E-state index in [0.29, 0.717) is 24.6 Å². The van der Waals surface area contributed by atoms with Crippen LogP contribution in [0.4, 0.5) is 5.95 Å². The van der Waals surface area contributed by atoms with Crippen LogP contribution in [0, 0.1) is 0 Å². The van der Waals surface area contributed by atoms with Crippen LogP contribution in [0.25, 0.3) is 22.1 Å². The lowest BCUT2D eigenvalue weighted by atomic mass is 10.0. The predicted molar refractivity (Wildman–Crippen MR) is 134 cm³/mol. The molecule has 0 fully saturated rings. The summed E-state index contributed by atoms with van der Waals surface area (Å²) in [5, 5.41) is 3.01. The van der Waals surface area contributed by atoms with Crippen molar-refractivity contribution >= 4 is 33.9 Å². The second kappa shape index (κ2) is 8.55. The van der Waals surface area contributed by atoms with E-state index in [1.165, 1.54) is 4.57 Å². The largest absolute Gasteiger partial charge is 0.329 e. The maximum Gasteiger partial charge on any atom is 0.329 e. The first kappa shape index (κ1) is 23.4. The first-order valence-electron chi connectivity index (χ1n) is 11.5. The Bertz CT molecular complexity index is 1520. The lowest BCUT2D eigenvalue weighted by Gasteiger charge is -2.24. The highest BCUT2D eigenvalue weighted by Crippen LogP contribution is 2.29. The predicted octanol–water partition coefficient (Wildman–Crippen LogP) is 3.98. The highest BCUT2D eigenvalue weighted by atomic mass is 16.2. The molecule has 3 aromatic heterocycles. The van der Waals surface area contributed by atoms with E-state index in [9.17, 15) is 14.4 Å². The Morgan fingerprint density at radius 1 is 1.15 bits per heavy atom. The van der Waals surface area contributed by atoms with Crippen LogP contribution in [-0.4, -0.2) is 30.0 Å². The summed E-state index contributed by atoms with van der Waals surface area (Å²) in [7, 11) is 0. The third-order valence-electron chi connectivity index (χ3n) is 5.71.